The summed E-state index contributed by atoms with van der Waals surface area (Å²) in [7, 11) is 5.58. The van der Waals surface area contributed by atoms with Gasteiger partial charge in [-0.05, 0) is 31.8 Å². The second-order valence-electron chi connectivity index (χ2n) is 3.52. The van der Waals surface area contributed by atoms with Gasteiger partial charge in [-0.15, -0.1) is 11.6 Å². The third-order valence-electron chi connectivity index (χ3n) is 2.34. The van der Waals surface area contributed by atoms with E-state index in [1.807, 2.05) is 31.1 Å². The average molecular weight is 248 g/mol. The van der Waals surface area contributed by atoms with Crippen molar-refractivity contribution in [1.29, 1.82) is 0 Å². The molecule has 0 N–H and O–H groups in total. The van der Waals surface area contributed by atoms with Crippen LogP contribution in [0.25, 0.3) is 0 Å². The first-order valence-corrected chi connectivity index (χ1v) is 5.57. The number of halogens is 2. The van der Waals surface area contributed by atoms with Crippen LogP contribution < -0.4 is 4.74 Å². The Labute approximate surface area is 101 Å². The number of methoxy groups -OCH3 is 1. The lowest BCUT2D eigenvalue weighted by Gasteiger charge is -2.23. The Balaban J connectivity index is 3.03. The van der Waals surface area contributed by atoms with E-state index >= 15 is 0 Å². The van der Waals surface area contributed by atoms with Crippen LogP contribution in [-0.4, -0.2) is 32.0 Å². The molecule has 0 aliphatic carbocycles. The zero-order chi connectivity index (χ0) is 11.4. The molecule has 1 atom stereocenters. The molecule has 0 aromatic heterocycles. The molecule has 0 spiro atoms. The predicted octanol–water partition coefficient (Wildman–Crippen LogP) is 3.19. The molecule has 0 amide bonds. The molecule has 1 rings (SSSR count). The summed E-state index contributed by atoms with van der Waals surface area (Å²) in [6.45, 7) is 0. The van der Waals surface area contributed by atoms with Gasteiger partial charge >= 0.3 is 0 Å². The quantitative estimate of drug-likeness (QED) is 0.759. The Hall–Kier alpha value is -0.440. The van der Waals surface area contributed by atoms with Crippen LogP contribution in [-0.2, 0) is 0 Å². The third-order valence-corrected chi connectivity index (χ3v) is 2.96. The van der Waals surface area contributed by atoms with Crippen molar-refractivity contribution in [2.24, 2.45) is 0 Å². The molecule has 0 aliphatic rings. The van der Waals surface area contributed by atoms with E-state index in [-0.39, 0.29) is 6.04 Å². The number of benzene rings is 1. The molecular formula is C11H15Cl2NO. The van der Waals surface area contributed by atoms with Crippen molar-refractivity contribution >= 4 is 23.2 Å². The van der Waals surface area contributed by atoms with Crippen molar-refractivity contribution < 1.29 is 4.74 Å². The highest BCUT2D eigenvalue weighted by molar-refractivity contribution is 6.31. The van der Waals surface area contributed by atoms with Crippen molar-refractivity contribution in [3.8, 4) is 5.75 Å². The normalized spacial score (nSPS) is 12.9. The van der Waals surface area contributed by atoms with Crippen molar-refractivity contribution in [2.75, 3.05) is 27.1 Å². The lowest BCUT2D eigenvalue weighted by molar-refractivity contribution is 0.324. The largest absolute Gasteiger partial charge is 0.497 e. The Morgan fingerprint density at radius 1 is 1.40 bits per heavy atom. The molecule has 1 unspecified atom stereocenters. The van der Waals surface area contributed by atoms with Gasteiger partial charge in [0.25, 0.3) is 0 Å². The Morgan fingerprint density at radius 2 is 2.07 bits per heavy atom. The molecule has 0 fully saturated rings. The van der Waals surface area contributed by atoms with Gasteiger partial charge in [0.05, 0.1) is 7.11 Å². The molecule has 0 aliphatic heterocycles. The number of nitrogens with zero attached hydrogens (tertiary/aromatic N) is 1. The fourth-order valence-electron chi connectivity index (χ4n) is 1.40. The highest BCUT2D eigenvalue weighted by Crippen LogP contribution is 2.30. The SMILES string of the molecule is COc1ccc(C(CCl)N(C)C)c(Cl)c1. The maximum atomic E-state index is 6.16. The lowest BCUT2D eigenvalue weighted by Crippen LogP contribution is -2.21. The van der Waals surface area contributed by atoms with Gasteiger partial charge in [0.15, 0.2) is 0 Å². The summed E-state index contributed by atoms with van der Waals surface area (Å²) in [6.07, 6.45) is 0. The van der Waals surface area contributed by atoms with Gasteiger partial charge in [0.1, 0.15) is 5.75 Å². The zero-order valence-corrected chi connectivity index (χ0v) is 10.6. The van der Waals surface area contributed by atoms with Crippen LogP contribution in [0.1, 0.15) is 11.6 Å². The second-order valence-corrected chi connectivity index (χ2v) is 4.24. The highest BCUT2D eigenvalue weighted by atomic mass is 35.5. The summed E-state index contributed by atoms with van der Waals surface area (Å²) in [5, 5.41) is 0.689. The van der Waals surface area contributed by atoms with Gasteiger partial charge in [0.2, 0.25) is 0 Å². The van der Waals surface area contributed by atoms with Crippen LogP contribution in [0.15, 0.2) is 18.2 Å². The molecule has 0 saturated heterocycles. The van der Waals surface area contributed by atoms with Crippen molar-refractivity contribution in [3.63, 3.8) is 0 Å². The second kappa shape index (κ2) is 5.59. The smallest absolute Gasteiger partial charge is 0.120 e. The summed E-state index contributed by atoms with van der Waals surface area (Å²) >= 11 is 12.1. The molecular weight excluding hydrogens is 233 g/mol. The fraction of sp³-hybridized carbons (Fsp3) is 0.455. The van der Waals surface area contributed by atoms with Crippen LogP contribution in [0.4, 0.5) is 0 Å². The number of hydrogen-bond acceptors (Lipinski definition) is 2. The van der Waals surface area contributed by atoms with E-state index in [1.165, 1.54) is 0 Å². The van der Waals surface area contributed by atoms with E-state index in [0.29, 0.717) is 10.9 Å². The van der Waals surface area contributed by atoms with Gasteiger partial charge in [-0.2, -0.15) is 0 Å². The minimum absolute atomic E-state index is 0.130. The Bertz CT molecular complexity index is 328. The minimum Gasteiger partial charge on any atom is -0.497 e. The molecule has 1 aromatic rings. The van der Waals surface area contributed by atoms with Crippen molar-refractivity contribution in [2.45, 2.75) is 6.04 Å². The highest BCUT2D eigenvalue weighted by Gasteiger charge is 2.16. The van der Waals surface area contributed by atoms with Gasteiger partial charge in [-0.3, -0.25) is 0 Å². The van der Waals surface area contributed by atoms with Crippen LogP contribution in [0, 0.1) is 0 Å². The predicted molar refractivity (Wildman–Crippen MR) is 65.2 cm³/mol. The summed E-state index contributed by atoms with van der Waals surface area (Å²) in [6, 6.07) is 5.78. The third kappa shape index (κ3) is 3.00. The van der Waals surface area contributed by atoms with E-state index in [2.05, 4.69) is 0 Å². The summed E-state index contributed by atoms with van der Waals surface area (Å²) < 4.78 is 5.09. The monoisotopic (exact) mass is 247 g/mol. The minimum atomic E-state index is 0.130. The molecule has 1 aromatic carbocycles. The van der Waals surface area contributed by atoms with Crippen molar-refractivity contribution in [1.82, 2.24) is 4.90 Å². The molecule has 0 saturated carbocycles. The van der Waals surface area contributed by atoms with E-state index in [0.717, 1.165) is 11.3 Å². The number of hydrogen-bond donors (Lipinski definition) is 0. The molecule has 0 bridgehead atoms. The number of alkyl halides is 1. The van der Waals surface area contributed by atoms with Crippen LogP contribution in [0.5, 0.6) is 5.75 Å². The Morgan fingerprint density at radius 3 is 2.47 bits per heavy atom. The van der Waals surface area contributed by atoms with Crippen LogP contribution >= 0.6 is 23.2 Å². The first-order valence-electron chi connectivity index (χ1n) is 4.66. The number of rotatable bonds is 4. The summed E-state index contributed by atoms with van der Waals surface area (Å²) in [5.74, 6) is 1.27. The molecule has 2 nitrogen and oxygen atoms in total. The molecule has 0 radical (unpaired) electrons. The van der Waals surface area contributed by atoms with Crippen LogP contribution in [0.3, 0.4) is 0 Å². The van der Waals surface area contributed by atoms with Gasteiger partial charge in [0, 0.05) is 16.9 Å². The standard InChI is InChI=1S/C11H15Cl2NO/c1-14(2)11(7-12)9-5-4-8(15-3)6-10(9)13/h4-6,11H,7H2,1-3H3. The van der Waals surface area contributed by atoms with E-state index in [9.17, 15) is 0 Å². The average Bonchev–Trinajstić information content (AvgIpc) is 2.20. The molecule has 84 valence electrons. The van der Waals surface area contributed by atoms with Crippen molar-refractivity contribution in [3.05, 3.63) is 28.8 Å². The first kappa shape index (κ1) is 12.6. The van der Waals surface area contributed by atoms with E-state index in [1.54, 1.807) is 13.2 Å². The zero-order valence-electron chi connectivity index (χ0n) is 9.13. The van der Waals surface area contributed by atoms with E-state index in [4.69, 9.17) is 27.9 Å². The summed E-state index contributed by atoms with van der Waals surface area (Å²) in [4.78, 5) is 2.04. The Kier molecular flexibility index (Phi) is 4.71. The van der Waals surface area contributed by atoms with Gasteiger partial charge in [-0.1, -0.05) is 17.7 Å². The summed E-state index contributed by atoms with van der Waals surface area (Å²) in [5.41, 5.74) is 1.03. The maximum absolute atomic E-state index is 6.16. The van der Waals surface area contributed by atoms with Gasteiger partial charge < -0.3 is 9.64 Å². The maximum Gasteiger partial charge on any atom is 0.120 e. The van der Waals surface area contributed by atoms with E-state index < -0.39 is 0 Å². The number of ether oxygens (including phenoxy) is 1. The molecule has 0 heterocycles. The topological polar surface area (TPSA) is 12.5 Å². The first-order chi connectivity index (χ1) is 7.10. The fourth-order valence-corrected chi connectivity index (χ4v) is 2.14. The van der Waals surface area contributed by atoms with Crippen LogP contribution in [0.2, 0.25) is 5.02 Å². The lowest BCUT2D eigenvalue weighted by atomic mass is 10.1. The molecule has 4 heteroatoms. The van der Waals surface area contributed by atoms with Gasteiger partial charge in [-0.25, -0.2) is 0 Å². The molecule has 15 heavy (non-hydrogen) atoms.